The molecule has 0 unspecified atom stereocenters. The van der Waals surface area contributed by atoms with Crippen molar-refractivity contribution in [2.24, 2.45) is 17.8 Å². The van der Waals surface area contributed by atoms with E-state index in [0.29, 0.717) is 23.7 Å². The van der Waals surface area contributed by atoms with Crippen LogP contribution in [0.3, 0.4) is 0 Å². The Morgan fingerprint density at radius 1 is 0.871 bits per heavy atom. The normalized spacial score (nSPS) is 26.4. The minimum absolute atomic E-state index is 0.206. The van der Waals surface area contributed by atoms with E-state index in [4.69, 9.17) is 4.74 Å². The molecule has 1 nitrogen and oxygen atoms in total. The lowest BCUT2D eigenvalue weighted by atomic mass is 9.68. The Hall–Kier alpha value is -2.16. The quantitative estimate of drug-likeness (QED) is 0.424. The number of hydrogen-bond acceptors (Lipinski definition) is 1. The van der Waals surface area contributed by atoms with Crippen LogP contribution in [0.1, 0.15) is 69.8 Å². The molecule has 2 aliphatic carbocycles. The number of hydrogen-bond donors (Lipinski definition) is 0. The Bertz CT molecular complexity index is 890. The summed E-state index contributed by atoms with van der Waals surface area (Å²) >= 11 is 0. The second kappa shape index (κ2) is 9.97. The van der Waals surface area contributed by atoms with Gasteiger partial charge in [-0.15, -0.1) is 6.58 Å². The SMILES string of the molecule is C=CC1CCC(C2CCC(c3ccc(-c4ccc(OCC)c(F)c4)c(F)c3)CC2)CC1. The average molecular weight is 425 g/mol. The summed E-state index contributed by atoms with van der Waals surface area (Å²) < 4.78 is 34.4. The van der Waals surface area contributed by atoms with E-state index in [1.165, 1.54) is 44.6 Å². The summed E-state index contributed by atoms with van der Waals surface area (Å²) in [6.07, 6.45) is 12.2. The van der Waals surface area contributed by atoms with Crippen molar-refractivity contribution in [1.82, 2.24) is 0 Å². The van der Waals surface area contributed by atoms with E-state index in [9.17, 15) is 8.78 Å². The van der Waals surface area contributed by atoms with Crippen molar-refractivity contribution < 1.29 is 13.5 Å². The van der Waals surface area contributed by atoms with Gasteiger partial charge in [-0.05, 0) is 111 Å². The highest BCUT2D eigenvalue weighted by Crippen LogP contribution is 2.44. The molecular formula is C28H34F2O. The second-order valence-corrected chi connectivity index (χ2v) is 9.34. The van der Waals surface area contributed by atoms with Gasteiger partial charge in [0.15, 0.2) is 11.6 Å². The largest absolute Gasteiger partial charge is 0.491 e. The van der Waals surface area contributed by atoms with Gasteiger partial charge in [-0.25, -0.2) is 8.78 Å². The van der Waals surface area contributed by atoms with Crippen molar-refractivity contribution in [1.29, 1.82) is 0 Å². The van der Waals surface area contributed by atoms with Crippen molar-refractivity contribution in [2.45, 2.75) is 64.2 Å². The van der Waals surface area contributed by atoms with Crippen LogP contribution in [0.25, 0.3) is 11.1 Å². The number of ether oxygens (including phenoxy) is 1. The molecule has 166 valence electrons. The van der Waals surface area contributed by atoms with Crippen molar-refractivity contribution >= 4 is 0 Å². The molecule has 4 rings (SSSR count). The van der Waals surface area contributed by atoms with Gasteiger partial charge in [-0.3, -0.25) is 0 Å². The Morgan fingerprint density at radius 2 is 1.55 bits per heavy atom. The first-order valence-electron chi connectivity index (χ1n) is 11.9. The van der Waals surface area contributed by atoms with Crippen molar-refractivity contribution in [2.75, 3.05) is 6.61 Å². The van der Waals surface area contributed by atoms with E-state index < -0.39 is 5.82 Å². The predicted molar refractivity (Wildman–Crippen MR) is 123 cm³/mol. The van der Waals surface area contributed by atoms with E-state index in [1.54, 1.807) is 18.2 Å². The molecule has 2 fully saturated rings. The zero-order chi connectivity index (χ0) is 21.8. The molecule has 0 N–H and O–H groups in total. The van der Waals surface area contributed by atoms with Gasteiger partial charge in [0, 0.05) is 5.56 Å². The molecule has 31 heavy (non-hydrogen) atoms. The van der Waals surface area contributed by atoms with Crippen LogP contribution < -0.4 is 4.74 Å². The second-order valence-electron chi connectivity index (χ2n) is 9.34. The van der Waals surface area contributed by atoms with Gasteiger partial charge < -0.3 is 4.74 Å². The van der Waals surface area contributed by atoms with E-state index in [0.717, 1.165) is 36.2 Å². The summed E-state index contributed by atoms with van der Waals surface area (Å²) in [4.78, 5) is 0. The van der Waals surface area contributed by atoms with Gasteiger partial charge >= 0.3 is 0 Å². The fraction of sp³-hybridized carbons (Fsp3) is 0.500. The van der Waals surface area contributed by atoms with Crippen LogP contribution in [-0.4, -0.2) is 6.61 Å². The lowest BCUT2D eigenvalue weighted by molar-refractivity contribution is 0.171. The molecule has 0 atom stereocenters. The number of halogens is 2. The summed E-state index contributed by atoms with van der Waals surface area (Å²) in [5, 5.41) is 0. The van der Waals surface area contributed by atoms with Gasteiger partial charge in [0.1, 0.15) is 5.82 Å². The standard InChI is InChI=1S/C28H34F2O/c1-3-19-5-7-20(8-6-19)21-9-11-22(12-10-21)23-13-15-25(26(29)17-23)24-14-16-28(31-4-2)27(30)18-24/h3,13-22H,1,4-12H2,2H3. The minimum atomic E-state index is -0.455. The first kappa shape index (κ1) is 22.0. The molecule has 0 radical (unpaired) electrons. The first-order chi connectivity index (χ1) is 15.1. The molecular weight excluding hydrogens is 390 g/mol. The van der Waals surface area contributed by atoms with E-state index in [2.05, 4.69) is 12.7 Å². The number of benzene rings is 2. The van der Waals surface area contributed by atoms with Crippen molar-refractivity contribution in [3.63, 3.8) is 0 Å². The van der Waals surface area contributed by atoms with E-state index >= 15 is 0 Å². The van der Waals surface area contributed by atoms with Crippen molar-refractivity contribution in [3.8, 4) is 16.9 Å². The predicted octanol–water partition coefficient (Wildman–Crippen LogP) is 8.30. The lowest BCUT2D eigenvalue weighted by Gasteiger charge is -2.37. The molecule has 0 aliphatic heterocycles. The summed E-state index contributed by atoms with van der Waals surface area (Å²) in [6.45, 7) is 6.17. The van der Waals surface area contributed by atoms with Gasteiger partial charge in [0.05, 0.1) is 6.61 Å². The molecule has 2 aromatic rings. The fourth-order valence-corrected chi connectivity index (χ4v) is 5.74. The van der Waals surface area contributed by atoms with Crippen LogP contribution in [0, 0.1) is 29.4 Å². The van der Waals surface area contributed by atoms with Gasteiger partial charge in [0.25, 0.3) is 0 Å². The molecule has 3 heteroatoms. The highest BCUT2D eigenvalue weighted by Gasteiger charge is 2.31. The third-order valence-electron chi connectivity index (χ3n) is 7.60. The van der Waals surface area contributed by atoms with Gasteiger partial charge in [-0.1, -0.05) is 24.3 Å². The van der Waals surface area contributed by atoms with Crippen molar-refractivity contribution in [3.05, 3.63) is 66.3 Å². The van der Waals surface area contributed by atoms with Crippen LogP contribution in [0.5, 0.6) is 5.75 Å². The van der Waals surface area contributed by atoms with Crippen LogP contribution in [0.15, 0.2) is 49.1 Å². The third-order valence-corrected chi connectivity index (χ3v) is 7.60. The van der Waals surface area contributed by atoms with E-state index in [-0.39, 0.29) is 11.6 Å². The molecule has 0 saturated heterocycles. The molecule has 2 saturated carbocycles. The number of rotatable bonds is 6. The first-order valence-corrected chi connectivity index (χ1v) is 11.9. The highest BCUT2D eigenvalue weighted by molar-refractivity contribution is 5.65. The minimum Gasteiger partial charge on any atom is -0.491 e. The average Bonchev–Trinajstić information content (AvgIpc) is 2.81. The lowest BCUT2D eigenvalue weighted by Crippen LogP contribution is -2.25. The maximum absolute atomic E-state index is 14.9. The molecule has 0 aromatic heterocycles. The Kier molecular flexibility index (Phi) is 7.09. The molecule has 0 heterocycles. The summed E-state index contributed by atoms with van der Waals surface area (Å²) in [5.74, 6) is 2.33. The molecule has 2 aromatic carbocycles. The van der Waals surface area contributed by atoms with Crippen LogP contribution in [-0.2, 0) is 0 Å². The zero-order valence-corrected chi connectivity index (χ0v) is 18.6. The summed E-state index contributed by atoms with van der Waals surface area (Å²) in [6, 6.07) is 10.2. The monoisotopic (exact) mass is 424 g/mol. The zero-order valence-electron chi connectivity index (χ0n) is 18.6. The third kappa shape index (κ3) is 5.02. The number of allylic oxidation sites excluding steroid dienone is 1. The fourth-order valence-electron chi connectivity index (χ4n) is 5.74. The molecule has 2 aliphatic rings. The van der Waals surface area contributed by atoms with Gasteiger partial charge in [0.2, 0.25) is 0 Å². The molecule has 0 bridgehead atoms. The highest BCUT2D eigenvalue weighted by atomic mass is 19.1. The smallest absolute Gasteiger partial charge is 0.165 e. The molecule has 0 amide bonds. The Labute approximate surface area is 185 Å². The van der Waals surface area contributed by atoms with Crippen LogP contribution in [0.4, 0.5) is 8.78 Å². The summed E-state index contributed by atoms with van der Waals surface area (Å²) in [5.41, 5.74) is 2.07. The van der Waals surface area contributed by atoms with E-state index in [1.807, 2.05) is 19.1 Å². The summed E-state index contributed by atoms with van der Waals surface area (Å²) in [7, 11) is 0. The topological polar surface area (TPSA) is 9.23 Å². The van der Waals surface area contributed by atoms with Crippen LogP contribution in [0.2, 0.25) is 0 Å². The molecule has 0 spiro atoms. The Morgan fingerprint density at radius 3 is 2.13 bits per heavy atom. The van der Waals surface area contributed by atoms with Crippen LogP contribution >= 0.6 is 0 Å². The maximum atomic E-state index is 14.9. The van der Waals surface area contributed by atoms with Gasteiger partial charge in [-0.2, -0.15) is 0 Å². The Balaban J connectivity index is 1.39. The maximum Gasteiger partial charge on any atom is 0.165 e.